The molecule has 1 N–H and O–H groups in total. The van der Waals surface area contributed by atoms with E-state index in [-0.39, 0.29) is 34.7 Å². The fourth-order valence-corrected chi connectivity index (χ4v) is 8.55. The van der Waals surface area contributed by atoms with E-state index in [1.54, 1.807) is 25.3 Å². The molecule has 3 fully saturated rings. The zero-order chi connectivity index (χ0) is 31.5. The second-order valence-electron chi connectivity index (χ2n) is 13.7. The first-order valence-electron chi connectivity index (χ1n) is 14.8. The minimum atomic E-state index is -1.27. The van der Waals surface area contributed by atoms with Gasteiger partial charge in [-0.05, 0) is 88.4 Å². The summed E-state index contributed by atoms with van der Waals surface area (Å²) in [6.45, 7) is 7.27. The third-order valence-corrected chi connectivity index (χ3v) is 10.5. The summed E-state index contributed by atoms with van der Waals surface area (Å²) in [5.41, 5.74) is 0.494. The number of phenols is 1. The molecule has 0 bridgehead atoms. The number of phenolic OH excluding ortho intramolecular Hbond substituents is 1. The number of nitrogens with zero attached hydrogens (tertiary/aromatic N) is 2. The first kappa shape index (κ1) is 28.8. The van der Waals surface area contributed by atoms with Crippen molar-refractivity contribution >= 4 is 40.9 Å². The summed E-state index contributed by atoms with van der Waals surface area (Å²) in [5, 5.41) is 9.98. The molecule has 5 aliphatic rings. The molecule has 1 saturated carbocycles. The number of carbonyl (C=O) groups is 4. The Bertz CT molecular complexity index is 1740. The number of ether oxygens (including phenoxy) is 1. The number of aromatic hydroxyl groups is 1. The number of hydrogen-bond acceptors (Lipinski definition) is 6. The number of anilines is 1. The summed E-state index contributed by atoms with van der Waals surface area (Å²) < 4.78 is 20.1. The van der Waals surface area contributed by atoms with Crippen molar-refractivity contribution in [1.29, 1.82) is 0 Å². The van der Waals surface area contributed by atoms with Gasteiger partial charge in [0.2, 0.25) is 23.6 Å². The maximum Gasteiger partial charge on any atom is 0.241 e. The lowest BCUT2D eigenvalue weighted by Crippen LogP contribution is -2.51. The molecule has 0 unspecified atom stereocenters. The van der Waals surface area contributed by atoms with E-state index >= 15 is 0 Å². The Kier molecular flexibility index (Phi) is 6.22. The van der Waals surface area contributed by atoms with Crippen LogP contribution in [0.15, 0.2) is 59.9 Å². The van der Waals surface area contributed by atoms with Gasteiger partial charge >= 0.3 is 0 Å². The van der Waals surface area contributed by atoms with Gasteiger partial charge in [-0.2, -0.15) is 0 Å². The van der Waals surface area contributed by atoms with Crippen molar-refractivity contribution in [3.8, 4) is 11.5 Å². The predicted molar refractivity (Wildman–Crippen MR) is 159 cm³/mol. The highest BCUT2D eigenvalue weighted by molar-refractivity contribution is 6.31. The van der Waals surface area contributed by atoms with Crippen molar-refractivity contribution < 1.29 is 33.4 Å². The molecule has 0 radical (unpaired) electrons. The van der Waals surface area contributed by atoms with Crippen LogP contribution in [0.1, 0.15) is 46.1 Å². The van der Waals surface area contributed by atoms with Crippen LogP contribution in [-0.2, 0) is 25.6 Å². The number of benzene rings is 2. The van der Waals surface area contributed by atoms with Gasteiger partial charge in [0.1, 0.15) is 17.3 Å². The van der Waals surface area contributed by atoms with Gasteiger partial charge in [0, 0.05) is 23.4 Å². The molecule has 0 aromatic heterocycles. The van der Waals surface area contributed by atoms with Crippen LogP contribution in [0.5, 0.6) is 11.5 Å². The normalized spacial score (nSPS) is 31.2. The molecule has 3 heterocycles. The molecule has 228 valence electrons. The Hall–Kier alpha value is -3.98. The van der Waals surface area contributed by atoms with Crippen LogP contribution in [0.2, 0.25) is 5.02 Å². The third kappa shape index (κ3) is 3.87. The second kappa shape index (κ2) is 9.51. The number of rotatable bonds is 2. The summed E-state index contributed by atoms with van der Waals surface area (Å²) in [7, 11) is 0. The third-order valence-electron chi connectivity index (χ3n) is 10.3. The average Bonchev–Trinajstić information content (AvgIpc) is 3.34. The molecule has 2 aromatic rings. The molecule has 8 nitrogen and oxygen atoms in total. The second-order valence-corrected chi connectivity index (χ2v) is 14.1. The molecule has 2 saturated heterocycles. The van der Waals surface area contributed by atoms with Gasteiger partial charge in [0.25, 0.3) is 0 Å². The Balaban J connectivity index is 1.37. The van der Waals surface area contributed by atoms with Crippen LogP contribution in [-0.4, -0.2) is 39.2 Å². The highest BCUT2D eigenvalue weighted by atomic mass is 35.5. The van der Waals surface area contributed by atoms with E-state index in [4.69, 9.17) is 16.3 Å². The molecular weight excluding hydrogens is 587 g/mol. The molecule has 7 rings (SSSR count). The zero-order valence-electron chi connectivity index (χ0n) is 24.8. The van der Waals surface area contributed by atoms with Crippen molar-refractivity contribution in [2.45, 2.75) is 52.5 Å². The van der Waals surface area contributed by atoms with E-state index in [0.717, 1.165) is 27.7 Å². The standard InChI is InChI=1S/C34H32ClFN2O6/c1-33(2,3)38-29(40)21-8-7-20-22(27(21)31(38)42)14-23-30(41)37(18-5-9-25(36)24(35)13-18)32(43)34(23,4)28(20)17-11-16-12-19(39)6-10-26(16)44-15-17/h5-7,9-10,12-13,15,21-23,27-28,39H,8,11,14H2,1-4H3/t21-,22+,23-,27-,28-,34+/m0/s1. The van der Waals surface area contributed by atoms with E-state index in [1.807, 2.05) is 26.8 Å². The number of amides is 4. The Morgan fingerprint density at radius 3 is 2.48 bits per heavy atom. The molecular formula is C34H32ClFN2O6. The molecule has 10 heteroatoms. The van der Waals surface area contributed by atoms with E-state index in [2.05, 4.69) is 0 Å². The quantitative estimate of drug-likeness (QED) is 0.349. The molecule has 3 aliphatic heterocycles. The lowest BCUT2D eigenvalue weighted by molar-refractivity contribution is -0.146. The number of carbonyl (C=O) groups excluding carboxylic acids is 4. The highest BCUT2D eigenvalue weighted by Crippen LogP contribution is 2.63. The maximum absolute atomic E-state index is 14.5. The van der Waals surface area contributed by atoms with Crippen molar-refractivity contribution in [3.63, 3.8) is 0 Å². The summed E-state index contributed by atoms with van der Waals surface area (Å²) in [6.07, 6.45) is 4.50. The van der Waals surface area contributed by atoms with Crippen molar-refractivity contribution in [2.75, 3.05) is 4.90 Å². The number of allylic oxidation sites excluding steroid dienone is 3. The number of fused-ring (bicyclic) bond motifs is 5. The Morgan fingerprint density at radius 1 is 1.02 bits per heavy atom. The number of hydrogen-bond donors (Lipinski definition) is 1. The van der Waals surface area contributed by atoms with Crippen molar-refractivity contribution in [2.24, 2.45) is 35.0 Å². The molecule has 2 aromatic carbocycles. The summed E-state index contributed by atoms with van der Waals surface area (Å²) in [6, 6.07) is 8.57. The predicted octanol–water partition coefficient (Wildman–Crippen LogP) is 5.57. The molecule has 2 aliphatic carbocycles. The van der Waals surface area contributed by atoms with E-state index in [1.165, 1.54) is 23.1 Å². The largest absolute Gasteiger partial charge is 0.508 e. The van der Waals surface area contributed by atoms with Gasteiger partial charge in [0.05, 0.1) is 40.1 Å². The monoisotopic (exact) mass is 618 g/mol. The Labute approximate surface area is 259 Å². The van der Waals surface area contributed by atoms with Crippen LogP contribution in [0.3, 0.4) is 0 Å². The van der Waals surface area contributed by atoms with Gasteiger partial charge in [-0.25, -0.2) is 9.29 Å². The molecule has 0 spiro atoms. The topological polar surface area (TPSA) is 104 Å². The smallest absolute Gasteiger partial charge is 0.241 e. The van der Waals surface area contributed by atoms with Gasteiger partial charge in [-0.1, -0.05) is 23.3 Å². The van der Waals surface area contributed by atoms with E-state index < -0.39 is 58.2 Å². The van der Waals surface area contributed by atoms with Crippen molar-refractivity contribution in [3.05, 3.63) is 76.3 Å². The summed E-state index contributed by atoms with van der Waals surface area (Å²) >= 11 is 6.07. The van der Waals surface area contributed by atoms with Crippen LogP contribution < -0.4 is 9.64 Å². The maximum atomic E-state index is 14.5. The summed E-state index contributed by atoms with van der Waals surface area (Å²) in [5.74, 6) is -4.52. The van der Waals surface area contributed by atoms with Gasteiger partial charge in [0.15, 0.2) is 0 Å². The Morgan fingerprint density at radius 2 is 1.77 bits per heavy atom. The zero-order valence-corrected chi connectivity index (χ0v) is 25.5. The van der Waals surface area contributed by atoms with Crippen LogP contribution in [0, 0.1) is 40.8 Å². The van der Waals surface area contributed by atoms with E-state index in [9.17, 15) is 28.7 Å². The van der Waals surface area contributed by atoms with E-state index in [0.29, 0.717) is 18.6 Å². The first-order chi connectivity index (χ1) is 20.7. The summed E-state index contributed by atoms with van der Waals surface area (Å²) in [4.78, 5) is 58.8. The minimum Gasteiger partial charge on any atom is -0.508 e. The molecule has 44 heavy (non-hydrogen) atoms. The fraction of sp³-hybridized carbons (Fsp3) is 0.412. The van der Waals surface area contributed by atoms with Crippen LogP contribution in [0.25, 0.3) is 0 Å². The minimum absolute atomic E-state index is 0.0720. The number of halogens is 2. The van der Waals surface area contributed by atoms with Gasteiger partial charge in [-0.3, -0.25) is 24.1 Å². The lowest BCUT2D eigenvalue weighted by Gasteiger charge is -2.50. The molecule has 4 amide bonds. The van der Waals surface area contributed by atoms with Crippen LogP contribution in [0.4, 0.5) is 10.1 Å². The molecule has 6 atom stereocenters. The van der Waals surface area contributed by atoms with Crippen LogP contribution >= 0.6 is 11.6 Å². The number of likely N-dealkylation sites (tertiary alicyclic amines) is 1. The average molecular weight is 619 g/mol. The van der Waals surface area contributed by atoms with Crippen molar-refractivity contribution in [1.82, 2.24) is 4.90 Å². The highest BCUT2D eigenvalue weighted by Gasteiger charge is 2.68. The fourth-order valence-electron chi connectivity index (χ4n) is 8.38. The van der Waals surface area contributed by atoms with Gasteiger partial charge < -0.3 is 9.84 Å². The lowest BCUT2D eigenvalue weighted by atomic mass is 9.51. The first-order valence-corrected chi connectivity index (χ1v) is 15.2. The number of imide groups is 2. The SMILES string of the molecule is CC(C)(C)N1C(=O)[C@H]2[C@H](CC=C3[C@H](C4=COc5ccc(O)cc5C4)[C@]4(C)C(=O)N(c5ccc(F)c(Cl)c5)C(=O)[C@@H]4C[C@H]32)C1=O. The van der Waals surface area contributed by atoms with Gasteiger partial charge in [-0.15, -0.1) is 0 Å².